The molecule has 0 bridgehead atoms. The Labute approximate surface area is 176 Å². The van der Waals surface area contributed by atoms with Crippen LogP contribution in [0.3, 0.4) is 0 Å². The number of nitrogens with zero attached hydrogens (tertiary/aromatic N) is 1. The average Bonchev–Trinajstić information content (AvgIpc) is 3.12. The third-order valence-electron chi connectivity index (χ3n) is 5.15. The molecule has 0 unspecified atom stereocenters. The summed E-state index contributed by atoms with van der Waals surface area (Å²) < 4.78 is 42.5. The van der Waals surface area contributed by atoms with Gasteiger partial charge in [0, 0.05) is 31.2 Å². The number of aromatic hydroxyl groups is 1. The second-order valence-corrected chi connectivity index (χ2v) is 8.04. The van der Waals surface area contributed by atoms with Crippen LogP contribution in [0.5, 0.6) is 5.75 Å². The predicted octanol–water partition coefficient (Wildman–Crippen LogP) is 5.81. The molecule has 0 atom stereocenters. The lowest BCUT2D eigenvalue weighted by atomic mass is 10.0. The highest BCUT2D eigenvalue weighted by molar-refractivity contribution is 7.26. The molecule has 3 aromatic carbocycles. The van der Waals surface area contributed by atoms with E-state index in [1.165, 1.54) is 17.4 Å². The third kappa shape index (κ3) is 2.83. The number of hydrogen-bond acceptors (Lipinski definition) is 4. The fourth-order valence-electron chi connectivity index (χ4n) is 3.84. The number of alkyl halides is 3. The summed E-state index contributed by atoms with van der Waals surface area (Å²) in [6.45, 7) is 0. The van der Waals surface area contributed by atoms with Crippen molar-refractivity contribution in [3.05, 3.63) is 82.6 Å². The molecule has 2 heterocycles. The summed E-state index contributed by atoms with van der Waals surface area (Å²) in [5.74, 6) is -3.34. The van der Waals surface area contributed by atoms with Gasteiger partial charge in [-0.3, -0.25) is 14.2 Å². The average molecular weight is 439 g/mol. The second kappa shape index (κ2) is 6.68. The van der Waals surface area contributed by atoms with Gasteiger partial charge in [0.05, 0.1) is 5.52 Å². The van der Waals surface area contributed by atoms with Gasteiger partial charge in [0.25, 0.3) is 11.3 Å². The summed E-state index contributed by atoms with van der Waals surface area (Å²) in [5, 5.41) is 12.1. The first kappa shape index (κ1) is 19.3. The summed E-state index contributed by atoms with van der Waals surface area (Å²) in [4.78, 5) is 25.3. The molecular formula is C23H12F3NO3S. The SMILES string of the molecule is O=C(c1c(O)c2ccc3sc4ccccc4c3c2n(-c2ccccc2)c1=O)C(F)(F)F. The highest BCUT2D eigenvalue weighted by Crippen LogP contribution is 2.41. The third-order valence-corrected chi connectivity index (χ3v) is 6.28. The van der Waals surface area contributed by atoms with E-state index >= 15 is 0 Å². The molecule has 31 heavy (non-hydrogen) atoms. The number of halogens is 3. The lowest BCUT2D eigenvalue weighted by molar-refractivity contribution is -0.0887. The molecule has 0 aliphatic rings. The molecule has 0 amide bonds. The van der Waals surface area contributed by atoms with Crippen molar-refractivity contribution in [3.8, 4) is 11.4 Å². The van der Waals surface area contributed by atoms with E-state index in [4.69, 9.17) is 0 Å². The number of ketones is 1. The van der Waals surface area contributed by atoms with Crippen molar-refractivity contribution >= 4 is 48.2 Å². The van der Waals surface area contributed by atoms with E-state index in [0.717, 1.165) is 19.4 Å². The standard InChI is InChI=1S/C23H12F3NO3S/c24-23(25,26)21(29)18-20(28)14-10-11-16-17(13-8-4-5-9-15(13)31-16)19(14)27(22(18)30)12-6-2-1-3-7-12/h1-11,28H. The minimum absolute atomic E-state index is 0.00731. The van der Waals surface area contributed by atoms with Gasteiger partial charge < -0.3 is 5.11 Å². The molecule has 0 spiro atoms. The summed E-state index contributed by atoms with van der Waals surface area (Å²) in [7, 11) is 0. The molecule has 4 nitrogen and oxygen atoms in total. The monoisotopic (exact) mass is 439 g/mol. The number of Topliss-reactive ketones (excluding diaryl/α,β-unsaturated/α-hetero) is 1. The highest BCUT2D eigenvalue weighted by Gasteiger charge is 2.43. The van der Waals surface area contributed by atoms with E-state index in [0.29, 0.717) is 5.39 Å². The van der Waals surface area contributed by atoms with Crippen molar-refractivity contribution in [2.75, 3.05) is 0 Å². The van der Waals surface area contributed by atoms with Crippen LogP contribution in [-0.2, 0) is 0 Å². The van der Waals surface area contributed by atoms with Crippen molar-refractivity contribution in [2.24, 2.45) is 0 Å². The van der Waals surface area contributed by atoms with Crippen LogP contribution in [-0.4, -0.2) is 21.6 Å². The van der Waals surface area contributed by atoms with Crippen molar-refractivity contribution in [2.45, 2.75) is 6.18 Å². The van der Waals surface area contributed by atoms with Crippen LogP contribution in [0.15, 0.2) is 71.5 Å². The molecular weight excluding hydrogens is 427 g/mol. The van der Waals surface area contributed by atoms with E-state index < -0.39 is 28.8 Å². The molecule has 0 saturated heterocycles. The number of fused-ring (bicyclic) bond motifs is 5. The van der Waals surface area contributed by atoms with Gasteiger partial charge in [0.1, 0.15) is 11.3 Å². The number of carbonyl (C=O) groups excluding carboxylic acids is 1. The Morgan fingerprint density at radius 1 is 0.871 bits per heavy atom. The summed E-state index contributed by atoms with van der Waals surface area (Å²) in [6, 6.07) is 18.6. The van der Waals surface area contributed by atoms with Crippen molar-refractivity contribution in [1.29, 1.82) is 0 Å². The van der Waals surface area contributed by atoms with Crippen LogP contribution in [0, 0.1) is 0 Å². The van der Waals surface area contributed by atoms with Crippen LogP contribution in [0.25, 0.3) is 36.8 Å². The topological polar surface area (TPSA) is 59.3 Å². The van der Waals surface area contributed by atoms with Crippen LogP contribution < -0.4 is 5.56 Å². The Hall–Kier alpha value is -3.65. The second-order valence-electron chi connectivity index (χ2n) is 6.96. The van der Waals surface area contributed by atoms with Gasteiger partial charge in [-0.2, -0.15) is 13.2 Å². The number of aromatic nitrogens is 1. The van der Waals surface area contributed by atoms with Crippen molar-refractivity contribution in [1.82, 2.24) is 4.57 Å². The number of pyridine rings is 1. The van der Waals surface area contributed by atoms with Crippen LogP contribution in [0.2, 0.25) is 0 Å². The number of carbonyl (C=O) groups is 1. The number of para-hydroxylation sites is 1. The van der Waals surface area contributed by atoms with E-state index in [2.05, 4.69) is 0 Å². The summed E-state index contributed by atoms with van der Waals surface area (Å²) in [6.07, 6.45) is -5.31. The Morgan fingerprint density at radius 3 is 2.26 bits per heavy atom. The van der Waals surface area contributed by atoms with Gasteiger partial charge in [0.15, 0.2) is 0 Å². The minimum atomic E-state index is -5.31. The minimum Gasteiger partial charge on any atom is -0.506 e. The van der Waals surface area contributed by atoms with Gasteiger partial charge in [-0.25, -0.2) is 0 Å². The van der Waals surface area contributed by atoms with E-state index in [1.54, 1.807) is 36.4 Å². The Morgan fingerprint density at radius 2 is 1.55 bits per heavy atom. The van der Waals surface area contributed by atoms with Gasteiger partial charge in [-0.1, -0.05) is 36.4 Å². The van der Waals surface area contributed by atoms with E-state index in [1.807, 2.05) is 24.3 Å². The Bertz CT molecular complexity index is 1570. The first-order chi connectivity index (χ1) is 14.8. The maximum Gasteiger partial charge on any atom is 0.455 e. The smallest absolute Gasteiger partial charge is 0.455 e. The molecule has 154 valence electrons. The molecule has 5 aromatic rings. The first-order valence-electron chi connectivity index (χ1n) is 9.18. The first-order valence-corrected chi connectivity index (χ1v) is 9.99. The molecule has 1 N–H and O–H groups in total. The lowest BCUT2D eigenvalue weighted by Crippen LogP contribution is -2.33. The number of thiophene rings is 1. The normalized spacial score (nSPS) is 12.1. The molecule has 5 rings (SSSR count). The number of hydrogen-bond donors (Lipinski definition) is 1. The fourth-order valence-corrected chi connectivity index (χ4v) is 4.95. The molecule has 0 aliphatic heterocycles. The molecule has 2 aromatic heterocycles. The zero-order chi connectivity index (χ0) is 21.9. The van der Waals surface area contributed by atoms with E-state index in [-0.39, 0.29) is 16.6 Å². The zero-order valence-corrected chi connectivity index (χ0v) is 16.4. The molecule has 0 radical (unpaired) electrons. The summed E-state index contributed by atoms with van der Waals surface area (Å²) >= 11 is 1.46. The zero-order valence-electron chi connectivity index (χ0n) is 15.6. The summed E-state index contributed by atoms with van der Waals surface area (Å²) in [5.41, 5.74) is -1.97. The molecule has 0 saturated carbocycles. The van der Waals surface area contributed by atoms with Crippen LogP contribution >= 0.6 is 11.3 Å². The largest absolute Gasteiger partial charge is 0.506 e. The maximum atomic E-state index is 13.3. The lowest BCUT2D eigenvalue weighted by Gasteiger charge is -2.16. The quantitative estimate of drug-likeness (QED) is 0.353. The Balaban J connectivity index is 2.07. The fraction of sp³-hybridized carbons (Fsp3) is 0.0435. The van der Waals surface area contributed by atoms with Crippen LogP contribution in [0.1, 0.15) is 10.4 Å². The molecule has 0 aliphatic carbocycles. The number of benzene rings is 3. The van der Waals surface area contributed by atoms with Gasteiger partial charge in [-0.05, 0) is 30.3 Å². The van der Waals surface area contributed by atoms with E-state index in [9.17, 15) is 27.9 Å². The van der Waals surface area contributed by atoms with Crippen molar-refractivity contribution < 1.29 is 23.1 Å². The van der Waals surface area contributed by atoms with Crippen molar-refractivity contribution in [3.63, 3.8) is 0 Å². The van der Waals surface area contributed by atoms with Gasteiger partial charge in [0.2, 0.25) is 0 Å². The molecule has 8 heteroatoms. The maximum absolute atomic E-state index is 13.3. The number of rotatable bonds is 2. The van der Waals surface area contributed by atoms with Gasteiger partial charge in [-0.15, -0.1) is 11.3 Å². The highest BCUT2D eigenvalue weighted by atomic mass is 32.1. The van der Waals surface area contributed by atoms with Gasteiger partial charge >= 0.3 is 6.18 Å². The Kier molecular flexibility index (Phi) is 4.16. The van der Waals surface area contributed by atoms with Crippen LogP contribution in [0.4, 0.5) is 13.2 Å². The molecule has 0 fully saturated rings. The predicted molar refractivity (Wildman–Crippen MR) is 114 cm³/mol.